The number of benzene rings is 2. The van der Waals surface area contributed by atoms with Gasteiger partial charge in [0.25, 0.3) is 0 Å². The van der Waals surface area contributed by atoms with Crippen molar-refractivity contribution in [2.75, 3.05) is 6.54 Å². The molecule has 0 spiro atoms. The molecule has 2 aromatic heterocycles. The van der Waals surface area contributed by atoms with Gasteiger partial charge in [-0.15, -0.1) is 22.7 Å². The van der Waals surface area contributed by atoms with Crippen LogP contribution in [0.15, 0.2) is 84.9 Å². The fraction of sp³-hybridized carbons (Fsp3) is 0.306. The number of hydrogen-bond acceptors (Lipinski definition) is 5. The van der Waals surface area contributed by atoms with E-state index in [0.29, 0.717) is 12.8 Å². The van der Waals surface area contributed by atoms with Crippen molar-refractivity contribution >= 4 is 39.9 Å². The summed E-state index contributed by atoms with van der Waals surface area (Å²) >= 11 is 3.62. The molecule has 1 amide bonds. The van der Waals surface area contributed by atoms with Gasteiger partial charge in [0.15, 0.2) is 0 Å². The average Bonchev–Trinajstić information content (AvgIpc) is 3.54. The molecule has 218 valence electrons. The van der Waals surface area contributed by atoms with Gasteiger partial charge in [-0.1, -0.05) is 72.8 Å². The van der Waals surface area contributed by atoms with Gasteiger partial charge in [0.05, 0.1) is 6.10 Å². The monoisotopic (exact) mass is 597 g/mol. The van der Waals surface area contributed by atoms with E-state index in [4.69, 9.17) is 4.74 Å². The molecule has 1 aliphatic rings. The highest BCUT2D eigenvalue weighted by Crippen LogP contribution is 2.49. The number of nitrogens with one attached hydrogen (secondary N) is 1. The van der Waals surface area contributed by atoms with Crippen molar-refractivity contribution in [1.82, 2.24) is 5.32 Å². The molecule has 0 bridgehead atoms. The number of allylic oxidation sites excluding steroid dienone is 2. The summed E-state index contributed by atoms with van der Waals surface area (Å²) in [5.41, 5.74) is 7.81. The van der Waals surface area contributed by atoms with Crippen molar-refractivity contribution in [3.05, 3.63) is 106 Å². The first-order valence-electron chi connectivity index (χ1n) is 14.4. The molecule has 2 aromatic carbocycles. The molecule has 4 nitrogen and oxygen atoms in total. The Balaban J connectivity index is 1.53. The summed E-state index contributed by atoms with van der Waals surface area (Å²) in [6, 6.07) is 25.6. The molecule has 6 heteroatoms. The maximum absolute atomic E-state index is 12.3. The third-order valence-electron chi connectivity index (χ3n) is 7.64. The Morgan fingerprint density at radius 1 is 0.929 bits per heavy atom. The fourth-order valence-electron chi connectivity index (χ4n) is 5.59. The molecular weight excluding hydrogens is 559 g/mol. The maximum Gasteiger partial charge on any atom is 0.407 e. The van der Waals surface area contributed by atoms with Gasteiger partial charge in [0.2, 0.25) is 0 Å². The number of carbonyl (C=O) groups is 1. The number of carbonyl (C=O) groups excluding carboxylic acids is 1. The molecule has 5 rings (SSSR count). The number of alkyl carbamates (subject to hydrolysis) is 1. The first kappa shape index (κ1) is 30.0. The Bertz CT molecular complexity index is 1610. The Labute approximate surface area is 257 Å². The second-order valence-corrected chi connectivity index (χ2v) is 14.5. The van der Waals surface area contributed by atoms with Gasteiger partial charge >= 0.3 is 6.09 Å². The van der Waals surface area contributed by atoms with Crippen molar-refractivity contribution in [3.63, 3.8) is 0 Å². The van der Waals surface area contributed by atoms with Gasteiger partial charge in [0.1, 0.15) is 5.60 Å². The van der Waals surface area contributed by atoms with Crippen LogP contribution in [-0.4, -0.2) is 29.4 Å². The number of ether oxygens (including phenoxy) is 1. The van der Waals surface area contributed by atoms with Crippen LogP contribution in [0.5, 0.6) is 0 Å². The summed E-state index contributed by atoms with van der Waals surface area (Å²) in [7, 11) is 0. The lowest BCUT2D eigenvalue weighted by molar-refractivity contribution is 0.0468. The first-order valence-corrected chi connectivity index (χ1v) is 16.0. The number of aliphatic hydroxyl groups is 1. The SMILES string of the molecule is C=C1CC(c2cc(-c3ccccc3)sc2C)=C(c2cc(-c3ccccc3)sc2C)CC1C(O)CNC(=O)OC(C)(C)C. The zero-order chi connectivity index (χ0) is 30.0. The van der Waals surface area contributed by atoms with E-state index < -0.39 is 17.8 Å². The van der Waals surface area contributed by atoms with Gasteiger partial charge in [0, 0.05) is 32.0 Å². The summed E-state index contributed by atoms with van der Waals surface area (Å²) in [4.78, 5) is 17.3. The average molecular weight is 598 g/mol. The van der Waals surface area contributed by atoms with Crippen molar-refractivity contribution in [1.29, 1.82) is 0 Å². The zero-order valence-electron chi connectivity index (χ0n) is 25.0. The lowest BCUT2D eigenvalue weighted by Crippen LogP contribution is -2.40. The van der Waals surface area contributed by atoms with E-state index in [1.165, 1.54) is 52.9 Å². The second-order valence-electron chi connectivity index (χ2n) is 11.9. The fourth-order valence-corrected chi connectivity index (χ4v) is 7.69. The minimum absolute atomic E-state index is 0.106. The summed E-state index contributed by atoms with van der Waals surface area (Å²) in [6.07, 6.45) is 0.0127. The third kappa shape index (κ3) is 6.78. The van der Waals surface area contributed by atoms with Gasteiger partial charge in [-0.05, 0) is 93.0 Å². The van der Waals surface area contributed by atoms with Crippen molar-refractivity contribution in [2.45, 2.75) is 59.2 Å². The zero-order valence-corrected chi connectivity index (χ0v) is 26.6. The summed E-state index contributed by atoms with van der Waals surface area (Å²) in [5.74, 6) is -0.189. The van der Waals surface area contributed by atoms with Crippen molar-refractivity contribution in [3.8, 4) is 20.9 Å². The molecule has 0 fully saturated rings. The number of amides is 1. The number of aliphatic hydroxyl groups excluding tert-OH is 1. The minimum atomic E-state index is -0.780. The van der Waals surface area contributed by atoms with E-state index in [2.05, 4.69) is 86.4 Å². The van der Waals surface area contributed by atoms with Crippen LogP contribution >= 0.6 is 22.7 Å². The second kappa shape index (κ2) is 12.4. The summed E-state index contributed by atoms with van der Waals surface area (Å²) < 4.78 is 5.39. The topological polar surface area (TPSA) is 58.6 Å². The normalized spacial score (nSPS) is 16.4. The Morgan fingerprint density at radius 2 is 1.43 bits per heavy atom. The van der Waals surface area contributed by atoms with E-state index in [0.717, 1.165) is 5.57 Å². The summed E-state index contributed by atoms with van der Waals surface area (Å²) in [6.45, 7) is 14.4. The number of hydrogen-bond donors (Lipinski definition) is 2. The smallest absolute Gasteiger partial charge is 0.407 e. The van der Waals surface area contributed by atoms with Gasteiger partial charge in [-0.3, -0.25) is 0 Å². The molecular formula is C36H39NO3S2. The predicted molar refractivity (Wildman–Crippen MR) is 178 cm³/mol. The maximum atomic E-state index is 12.3. The van der Waals surface area contributed by atoms with Crippen LogP contribution in [0.2, 0.25) is 0 Å². The van der Waals surface area contributed by atoms with Crippen LogP contribution in [0.4, 0.5) is 4.79 Å². The highest BCUT2D eigenvalue weighted by molar-refractivity contribution is 7.16. The third-order valence-corrected chi connectivity index (χ3v) is 9.84. The predicted octanol–water partition coefficient (Wildman–Crippen LogP) is 9.52. The Morgan fingerprint density at radius 3 is 1.93 bits per heavy atom. The standard InChI is InChI=1S/C36H39NO3S2/c1-22-17-30(28-19-33(41-23(28)2)25-13-9-7-10-14-25)31(18-27(22)32(38)21-37-35(39)40-36(4,5)6)29-20-34(42-24(29)3)26-15-11-8-12-16-26/h7-16,19-20,27,32,38H,1,17-18,21H2,2-6H3,(H,37,39). The van der Waals surface area contributed by atoms with E-state index in [1.807, 2.05) is 44.2 Å². The molecule has 0 aliphatic heterocycles. The van der Waals surface area contributed by atoms with Crippen LogP contribution in [-0.2, 0) is 4.74 Å². The quantitative estimate of drug-likeness (QED) is 0.209. The van der Waals surface area contributed by atoms with Crippen LogP contribution in [0.25, 0.3) is 32.0 Å². The highest BCUT2D eigenvalue weighted by atomic mass is 32.1. The van der Waals surface area contributed by atoms with Crippen molar-refractivity contribution < 1.29 is 14.6 Å². The Kier molecular flexibility index (Phi) is 8.88. The molecule has 4 aromatic rings. The lowest BCUT2D eigenvalue weighted by atomic mass is 9.74. The summed E-state index contributed by atoms with van der Waals surface area (Å²) in [5, 5.41) is 14.1. The van der Waals surface area contributed by atoms with Gasteiger partial charge in [-0.2, -0.15) is 0 Å². The lowest BCUT2D eigenvalue weighted by Gasteiger charge is -2.33. The molecule has 42 heavy (non-hydrogen) atoms. The molecule has 0 saturated heterocycles. The molecule has 0 radical (unpaired) electrons. The van der Waals surface area contributed by atoms with Crippen LogP contribution in [0.3, 0.4) is 0 Å². The van der Waals surface area contributed by atoms with E-state index >= 15 is 0 Å². The molecule has 2 atom stereocenters. The number of thiophene rings is 2. The molecule has 0 saturated carbocycles. The number of aryl methyl sites for hydroxylation is 2. The minimum Gasteiger partial charge on any atom is -0.444 e. The van der Waals surface area contributed by atoms with E-state index in [9.17, 15) is 9.90 Å². The van der Waals surface area contributed by atoms with Crippen molar-refractivity contribution in [2.24, 2.45) is 5.92 Å². The van der Waals surface area contributed by atoms with Crippen LogP contribution in [0.1, 0.15) is 54.5 Å². The highest BCUT2D eigenvalue weighted by Gasteiger charge is 2.33. The molecule has 1 aliphatic carbocycles. The molecule has 2 heterocycles. The van der Waals surface area contributed by atoms with Crippen LogP contribution < -0.4 is 5.32 Å². The van der Waals surface area contributed by atoms with Gasteiger partial charge < -0.3 is 15.2 Å². The molecule has 2 unspecified atom stereocenters. The van der Waals surface area contributed by atoms with E-state index in [1.54, 1.807) is 11.3 Å². The largest absolute Gasteiger partial charge is 0.444 e. The van der Waals surface area contributed by atoms with E-state index in [-0.39, 0.29) is 12.5 Å². The first-order chi connectivity index (χ1) is 20.0. The Hall–Kier alpha value is -3.45. The van der Waals surface area contributed by atoms with Crippen LogP contribution in [0, 0.1) is 19.8 Å². The van der Waals surface area contributed by atoms with Gasteiger partial charge in [-0.25, -0.2) is 4.79 Å². The number of rotatable bonds is 7. The molecule has 2 N–H and O–H groups in total.